The lowest BCUT2D eigenvalue weighted by molar-refractivity contribution is 0.119. The molecule has 0 bridgehead atoms. The van der Waals surface area contributed by atoms with Crippen molar-refractivity contribution in [2.45, 2.75) is 32.8 Å². The summed E-state index contributed by atoms with van der Waals surface area (Å²) in [6.45, 7) is 3.70. The number of aliphatic hydroxyl groups excluding tert-OH is 1. The first-order valence-electron chi connectivity index (χ1n) is 6.28. The Bertz CT molecular complexity index is 510. The molecular formula is C14H17F2NO2. The third kappa shape index (κ3) is 2.34. The number of nitrogens with zero attached hydrogens (tertiary/aromatic N) is 1. The fraction of sp³-hybridized carbons (Fsp3) is 0.500. The summed E-state index contributed by atoms with van der Waals surface area (Å²) >= 11 is 0. The quantitative estimate of drug-likeness (QED) is 0.501. The molecule has 1 aliphatic rings. The highest BCUT2D eigenvalue weighted by molar-refractivity contribution is 5.94. The Morgan fingerprint density at radius 3 is 2.37 bits per heavy atom. The zero-order chi connectivity index (χ0) is 14.2. The summed E-state index contributed by atoms with van der Waals surface area (Å²) in [6, 6.07) is 3.10. The second-order valence-corrected chi connectivity index (χ2v) is 5.36. The Kier molecular flexibility index (Phi) is 3.58. The number of aliphatic hydroxyl groups is 1. The van der Waals surface area contributed by atoms with Crippen LogP contribution in [0.2, 0.25) is 0 Å². The predicted octanol–water partition coefficient (Wildman–Crippen LogP) is 3.26. The SMILES string of the molecule is CC(C)/C(=N\O)C1(C(O)c2ccc(F)cc2F)CC1. The van der Waals surface area contributed by atoms with Crippen LogP contribution in [-0.2, 0) is 0 Å². The Balaban J connectivity index is 2.36. The molecule has 0 aliphatic heterocycles. The number of hydrogen-bond acceptors (Lipinski definition) is 3. The standard InChI is InChI=1S/C14H17F2NO2/c1-8(2)12(17-19)14(5-6-14)13(18)10-4-3-9(15)7-11(10)16/h3-4,7-8,13,18-19H,5-6H2,1-2H3/b17-12+. The molecule has 0 amide bonds. The molecule has 3 nitrogen and oxygen atoms in total. The highest BCUT2D eigenvalue weighted by Crippen LogP contribution is 2.57. The van der Waals surface area contributed by atoms with E-state index < -0.39 is 23.2 Å². The van der Waals surface area contributed by atoms with E-state index in [9.17, 15) is 13.9 Å². The van der Waals surface area contributed by atoms with Crippen molar-refractivity contribution in [3.8, 4) is 0 Å². The second-order valence-electron chi connectivity index (χ2n) is 5.36. The van der Waals surface area contributed by atoms with Gasteiger partial charge in [0, 0.05) is 17.0 Å². The minimum Gasteiger partial charge on any atom is -0.411 e. The van der Waals surface area contributed by atoms with Crippen molar-refractivity contribution in [2.24, 2.45) is 16.5 Å². The van der Waals surface area contributed by atoms with Crippen LogP contribution in [-0.4, -0.2) is 16.0 Å². The van der Waals surface area contributed by atoms with Gasteiger partial charge in [-0.2, -0.15) is 0 Å². The topological polar surface area (TPSA) is 52.8 Å². The van der Waals surface area contributed by atoms with E-state index in [1.54, 1.807) is 0 Å². The predicted molar refractivity (Wildman–Crippen MR) is 67.0 cm³/mol. The molecular weight excluding hydrogens is 252 g/mol. The summed E-state index contributed by atoms with van der Waals surface area (Å²) in [6.07, 6.45) is 0.131. The van der Waals surface area contributed by atoms with E-state index in [1.807, 2.05) is 13.8 Å². The van der Waals surface area contributed by atoms with Crippen molar-refractivity contribution in [1.29, 1.82) is 0 Å². The van der Waals surface area contributed by atoms with Crippen LogP contribution in [0, 0.1) is 23.0 Å². The summed E-state index contributed by atoms with van der Waals surface area (Å²) < 4.78 is 26.6. The van der Waals surface area contributed by atoms with E-state index in [2.05, 4.69) is 5.16 Å². The van der Waals surface area contributed by atoms with E-state index in [-0.39, 0.29) is 11.5 Å². The van der Waals surface area contributed by atoms with Gasteiger partial charge in [-0.05, 0) is 24.8 Å². The van der Waals surface area contributed by atoms with Gasteiger partial charge in [0.15, 0.2) is 0 Å². The zero-order valence-corrected chi connectivity index (χ0v) is 10.9. The van der Waals surface area contributed by atoms with Crippen molar-refractivity contribution in [3.63, 3.8) is 0 Å². The first-order valence-corrected chi connectivity index (χ1v) is 6.28. The lowest BCUT2D eigenvalue weighted by Gasteiger charge is -2.26. The minimum atomic E-state index is -1.12. The maximum absolute atomic E-state index is 13.7. The summed E-state index contributed by atoms with van der Waals surface area (Å²) in [5.74, 6) is -1.51. The van der Waals surface area contributed by atoms with Crippen LogP contribution in [0.1, 0.15) is 38.4 Å². The monoisotopic (exact) mass is 269 g/mol. The first kappa shape index (κ1) is 13.9. The van der Waals surface area contributed by atoms with Crippen molar-refractivity contribution in [1.82, 2.24) is 0 Å². The molecule has 0 heterocycles. The van der Waals surface area contributed by atoms with Gasteiger partial charge in [-0.15, -0.1) is 0 Å². The molecule has 2 rings (SSSR count). The van der Waals surface area contributed by atoms with E-state index in [4.69, 9.17) is 5.21 Å². The largest absolute Gasteiger partial charge is 0.411 e. The normalized spacial score (nSPS) is 19.6. The van der Waals surface area contributed by atoms with Crippen LogP contribution >= 0.6 is 0 Å². The highest BCUT2D eigenvalue weighted by Gasteiger charge is 2.55. The molecule has 5 heteroatoms. The number of oxime groups is 1. The van der Waals surface area contributed by atoms with Gasteiger partial charge in [0.05, 0.1) is 11.8 Å². The molecule has 1 aromatic carbocycles. The summed E-state index contributed by atoms with van der Waals surface area (Å²) in [5.41, 5.74) is -0.217. The summed E-state index contributed by atoms with van der Waals surface area (Å²) in [7, 11) is 0. The van der Waals surface area contributed by atoms with Crippen LogP contribution in [0.25, 0.3) is 0 Å². The zero-order valence-electron chi connectivity index (χ0n) is 10.9. The Labute approximate surface area is 110 Å². The van der Waals surface area contributed by atoms with Crippen molar-refractivity contribution < 1.29 is 19.1 Å². The molecule has 19 heavy (non-hydrogen) atoms. The lowest BCUT2D eigenvalue weighted by Crippen LogP contribution is -2.28. The van der Waals surface area contributed by atoms with Crippen molar-refractivity contribution in [2.75, 3.05) is 0 Å². The van der Waals surface area contributed by atoms with E-state index in [1.165, 1.54) is 6.07 Å². The highest BCUT2D eigenvalue weighted by atomic mass is 19.1. The molecule has 1 atom stereocenters. The number of halogens is 2. The van der Waals surface area contributed by atoms with E-state index >= 15 is 0 Å². The van der Waals surface area contributed by atoms with Crippen LogP contribution in [0.5, 0.6) is 0 Å². The van der Waals surface area contributed by atoms with Crippen molar-refractivity contribution >= 4 is 5.71 Å². The molecule has 0 spiro atoms. The smallest absolute Gasteiger partial charge is 0.131 e. The maximum Gasteiger partial charge on any atom is 0.131 e. The minimum absolute atomic E-state index is 0.0423. The fourth-order valence-corrected chi connectivity index (χ4v) is 2.62. The van der Waals surface area contributed by atoms with Gasteiger partial charge in [-0.3, -0.25) is 0 Å². The first-order chi connectivity index (χ1) is 8.92. The molecule has 1 aliphatic carbocycles. The third-order valence-corrected chi connectivity index (χ3v) is 3.73. The average molecular weight is 269 g/mol. The van der Waals surface area contributed by atoms with Gasteiger partial charge in [-0.25, -0.2) is 8.78 Å². The number of rotatable bonds is 4. The number of benzene rings is 1. The van der Waals surface area contributed by atoms with E-state index in [0.29, 0.717) is 18.6 Å². The number of hydrogen-bond donors (Lipinski definition) is 2. The van der Waals surface area contributed by atoms with Gasteiger partial charge in [0.2, 0.25) is 0 Å². The molecule has 1 saturated carbocycles. The molecule has 104 valence electrons. The van der Waals surface area contributed by atoms with Gasteiger partial charge >= 0.3 is 0 Å². The fourth-order valence-electron chi connectivity index (χ4n) is 2.62. The molecule has 1 aromatic rings. The lowest BCUT2D eigenvalue weighted by atomic mass is 9.83. The van der Waals surface area contributed by atoms with E-state index in [0.717, 1.165) is 12.1 Å². The third-order valence-electron chi connectivity index (χ3n) is 3.73. The summed E-state index contributed by atoms with van der Waals surface area (Å²) in [4.78, 5) is 0. The van der Waals surface area contributed by atoms with Gasteiger partial charge in [0.1, 0.15) is 11.6 Å². The molecule has 0 saturated heterocycles. The second kappa shape index (κ2) is 4.89. The molecule has 0 radical (unpaired) electrons. The molecule has 1 fully saturated rings. The van der Waals surface area contributed by atoms with Gasteiger partial charge in [-0.1, -0.05) is 25.1 Å². The molecule has 1 unspecified atom stereocenters. The van der Waals surface area contributed by atoms with Crippen LogP contribution in [0.3, 0.4) is 0 Å². The van der Waals surface area contributed by atoms with Gasteiger partial charge < -0.3 is 10.3 Å². The van der Waals surface area contributed by atoms with Gasteiger partial charge in [0.25, 0.3) is 0 Å². The van der Waals surface area contributed by atoms with Crippen molar-refractivity contribution in [3.05, 3.63) is 35.4 Å². The molecule has 2 N–H and O–H groups in total. The summed E-state index contributed by atoms with van der Waals surface area (Å²) in [5, 5.41) is 22.8. The van der Waals surface area contributed by atoms with Crippen LogP contribution in [0.4, 0.5) is 8.78 Å². The van der Waals surface area contributed by atoms with Crippen LogP contribution in [0.15, 0.2) is 23.4 Å². The Hall–Kier alpha value is -1.49. The Morgan fingerprint density at radius 1 is 1.32 bits per heavy atom. The Morgan fingerprint density at radius 2 is 1.95 bits per heavy atom. The maximum atomic E-state index is 13.7. The van der Waals surface area contributed by atoms with Crippen LogP contribution < -0.4 is 0 Å². The molecule has 0 aromatic heterocycles. The average Bonchev–Trinajstić information content (AvgIpc) is 3.10.